The summed E-state index contributed by atoms with van der Waals surface area (Å²) < 4.78 is -0.832. The van der Waals surface area contributed by atoms with Gasteiger partial charge in [0.2, 0.25) is 9.70 Å². The zero-order valence-electron chi connectivity index (χ0n) is 17.3. The number of hydrogen-bond acceptors (Lipinski definition) is 2. The third-order valence-electron chi connectivity index (χ3n) is 4.81. The summed E-state index contributed by atoms with van der Waals surface area (Å²) in [5.74, 6) is -0.114. The first kappa shape index (κ1) is 26.9. The molecule has 0 spiro atoms. The summed E-state index contributed by atoms with van der Waals surface area (Å²) in [6, 6.07) is 7.49. The fourth-order valence-electron chi connectivity index (χ4n) is 3.12. The van der Waals surface area contributed by atoms with E-state index in [0.717, 1.165) is 23.0 Å². The number of anilines is 1. The van der Waals surface area contributed by atoms with Crippen LogP contribution in [-0.4, -0.2) is 15.9 Å². The number of hydrogen-bond donors (Lipinski definition) is 2. The molecule has 0 heterocycles. The van der Waals surface area contributed by atoms with Gasteiger partial charge in [-0.2, -0.15) is 0 Å². The van der Waals surface area contributed by atoms with Crippen LogP contribution in [0.3, 0.4) is 0 Å². The maximum absolute atomic E-state index is 12.3. The molecule has 1 amide bonds. The molecule has 2 N–H and O–H groups in total. The number of nitrogens with one attached hydrogen (secondary N) is 2. The molecule has 0 aromatic heterocycles. The predicted octanol–water partition coefficient (Wildman–Crippen LogP) is 8.37. The van der Waals surface area contributed by atoms with E-state index >= 15 is 0 Å². The van der Waals surface area contributed by atoms with Crippen molar-refractivity contribution in [2.24, 2.45) is 0 Å². The summed E-state index contributed by atoms with van der Waals surface area (Å²) in [5, 5.41) is 5.89. The van der Waals surface area contributed by atoms with Gasteiger partial charge in [-0.1, -0.05) is 118 Å². The number of halogens is 4. The summed E-state index contributed by atoms with van der Waals surface area (Å²) >= 11 is 21.6. The lowest BCUT2D eigenvalue weighted by atomic mass is 10.1. The van der Waals surface area contributed by atoms with E-state index in [1.54, 1.807) is 0 Å². The van der Waals surface area contributed by atoms with Crippen molar-refractivity contribution in [1.29, 1.82) is 0 Å². The summed E-state index contributed by atoms with van der Waals surface area (Å²) in [6.45, 7) is 2.25. The molecule has 1 atom stereocenters. The highest BCUT2D eigenvalue weighted by molar-refractivity contribution is 9.10. The van der Waals surface area contributed by atoms with E-state index in [9.17, 15) is 4.79 Å². The lowest BCUT2D eigenvalue weighted by molar-refractivity contribution is -0.121. The Bertz CT molecular complexity index is 581. The summed E-state index contributed by atoms with van der Waals surface area (Å²) in [6.07, 6.45) is 13.3. The number of carbonyl (C=O) groups excluding carboxylic acids is 1. The van der Waals surface area contributed by atoms with Gasteiger partial charge in [0.1, 0.15) is 6.17 Å². The van der Waals surface area contributed by atoms with Crippen molar-refractivity contribution in [3.63, 3.8) is 0 Å². The third kappa shape index (κ3) is 13.0. The van der Waals surface area contributed by atoms with Crippen LogP contribution in [-0.2, 0) is 4.79 Å². The monoisotopic (exact) mass is 526 g/mol. The van der Waals surface area contributed by atoms with Crippen molar-refractivity contribution in [2.75, 3.05) is 5.32 Å². The molecule has 0 bridgehead atoms. The molecule has 0 radical (unpaired) electrons. The molecule has 166 valence electrons. The number of rotatable bonds is 15. The zero-order chi connectivity index (χ0) is 21.5. The largest absolute Gasteiger partial charge is 0.361 e. The molecule has 1 rings (SSSR count). The Kier molecular flexibility index (Phi) is 14.5. The molecule has 0 aliphatic rings. The van der Waals surface area contributed by atoms with E-state index in [0.29, 0.717) is 6.42 Å². The molecule has 3 nitrogen and oxygen atoms in total. The first-order chi connectivity index (χ1) is 13.8. The average molecular weight is 529 g/mol. The van der Waals surface area contributed by atoms with Gasteiger partial charge < -0.3 is 10.6 Å². The summed E-state index contributed by atoms with van der Waals surface area (Å²) in [7, 11) is 0. The van der Waals surface area contributed by atoms with E-state index in [4.69, 9.17) is 34.8 Å². The zero-order valence-corrected chi connectivity index (χ0v) is 21.1. The Morgan fingerprint density at radius 3 is 1.97 bits per heavy atom. The number of benzene rings is 1. The average Bonchev–Trinajstić information content (AvgIpc) is 2.66. The highest BCUT2D eigenvalue weighted by atomic mass is 79.9. The van der Waals surface area contributed by atoms with Gasteiger partial charge in [-0.25, -0.2) is 0 Å². The quantitative estimate of drug-likeness (QED) is 0.136. The SMILES string of the molecule is CCCCCCCCCCCCCC(=O)N[C@@H](Nc1ccccc1Br)C(Cl)(Cl)Cl. The highest BCUT2D eigenvalue weighted by Crippen LogP contribution is 2.32. The van der Waals surface area contributed by atoms with E-state index in [2.05, 4.69) is 33.5 Å². The van der Waals surface area contributed by atoms with Gasteiger partial charge in [0.25, 0.3) is 0 Å². The second-order valence-corrected chi connectivity index (χ2v) is 10.7. The minimum Gasteiger partial charge on any atom is -0.361 e. The van der Waals surface area contributed by atoms with Crippen LogP contribution in [0.5, 0.6) is 0 Å². The number of para-hydroxylation sites is 1. The molecular weight excluding hydrogens is 495 g/mol. The topological polar surface area (TPSA) is 41.1 Å². The molecular formula is C22H34BrCl3N2O. The fraction of sp³-hybridized carbons (Fsp3) is 0.682. The molecule has 0 unspecified atom stereocenters. The van der Waals surface area contributed by atoms with Gasteiger partial charge >= 0.3 is 0 Å². The summed E-state index contributed by atoms with van der Waals surface area (Å²) in [4.78, 5) is 12.3. The number of alkyl halides is 3. The Balaban J connectivity index is 2.21. The molecule has 7 heteroatoms. The minimum absolute atomic E-state index is 0.114. The molecule has 29 heavy (non-hydrogen) atoms. The molecule has 0 saturated carbocycles. The first-order valence-corrected chi connectivity index (χ1v) is 12.6. The van der Waals surface area contributed by atoms with Crippen LogP contribution in [0.25, 0.3) is 0 Å². The van der Waals surface area contributed by atoms with Gasteiger partial charge in [-0.05, 0) is 34.5 Å². The Morgan fingerprint density at radius 1 is 0.931 bits per heavy atom. The van der Waals surface area contributed by atoms with Crippen LogP contribution in [0.15, 0.2) is 28.7 Å². The Labute approximate surface area is 199 Å². The van der Waals surface area contributed by atoms with Crippen LogP contribution >= 0.6 is 50.7 Å². The van der Waals surface area contributed by atoms with E-state index in [1.807, 2.05) is 24.3 Å². The minimum atomic E-state index is -1.66. The summed E-state index contributed by atoms with van der Waals surface area (Å²) in [5.41, 5.74) is 0.749. The van der Waals surface area contributed by atoms with Gasteiger partial charge in [-0.3, -0.25) is 4.79 Å². The molecule has 0 aliphatic heterocycles. The van der Waals surface area contributed by atoms with Gasteiger partial charge in [0.05, 0.1) is 5.69 Å². The Hall–Kier alpha value is -0.160. The molecule has 0 aliphatic carbocycles. The lowest BCUT2D eigenvalue weighted by Gasteiger charge is -2.28. The van der Waals surface area contributed by atoms with Crippen LogP contribution in [0.1, 0.15) is 84.0 Å². The van der Waals surface area contributed by atoms with Crippen LogP contribution < -0.4 is 10.6 Å². The number of carbonyl (C=O) groups is 1. The molecule has 0 fully saturated rings. The number of unbranched alkanes of at least 4 members (excludes halogenated alkanes) is 10. The van der Waals surface area contributed by atoms with Crippen molar-refractivity contribution < 1.29 is 4.79 Å². The van der Waals surface area contributed by atoms with Crippen LogP contribution in [0.2, 0.25) is 0 Å². The van der Waals surface area contributed by atoms with E-state index < -0.39 is 9.96 Å². The predicted molar refractivity (Wildman–Crippen MR) is 131 cm³/mol. The second kappa shape index (κ2) is 15.6. The van der Waals surface area contributed by atoms with Crippen molar-refractivity contribution in [2.45, 2.75) is 93.9 Å². The molecule has 1 aromatic carbocycles. The lowest BCUT2D eigenvalue weighted by Crippen LogP contribution is -2.49. The van der Waals surface area contributed by atoms with E-state index in [1.165, 1.54) is 57.8 Å². The third-order valence-corrected chi connectivity index (χ3v) is 6.16. The first-order valence-electron chi connectivity index (χ1n) is 10.7. The van der Waals surface area contributed by atoms with Gasteiger partial charge in [0, 0.05) is 10.9 Å². The van der Waals surface area contributed by atoms with Crippen molar-refractivity contribution in [3.05, 3.63) is 28.7 Å². The maximum atomic E-state index is 12.3. The highest BCUT2D eigenvalue weighted by Gasteiger charge is 2.34. The van der Waals surface area contributed by atoms with Crippen molar-refractivity contribution in [3.8, 4) is 0 Å². The van der Waals surface area contributed by atoms with Crippen molar-refractivity contribution in [1.82, 2.24) is 5.32 Å². The Morgan fingerprint density at radius 2 is 1.45 bits per heavy atom. The standard InChI is InChI=1S/C22H34BrCl3N2O/c1-2-3-4-5-6-7-8-9-10-11-12-17-20(29)28-21(22(24,25)26)27-19-16-14-13-15-18(19)23/h13-16,21,27H,2-12,17H2,1H3,(H,28,29)/t21-/m1/s1. The van der Waals surface area contributed by atoms with E-state index in [-0.39, 0.29) is 5.91 Å². The van der Waals surface area contributed by atoms with Gasteiger partial charge in [0.15, 0.2) is 0 Å². The smallest absolute Gasteiger partial charge is 0.228 e. The second-order valence-electron chi connectivity index (χ2n) is 7.45. The molecule has 0 saturated heterocycles. The normalized spacial score (nSPS) is 12.6. The van der Waals surface area contributed by atoms with Crippen LogP contribution in [0, 0.1) is 0 Å². The van der Waals surface area contributed by atoms with Gasteiger partial charge in [-0.15, -0.1) is 0 Å². The maximum Gasteiger partial charge on any atom is 0.228 e. The van der Waals surface area contributed by atoms with Crippen LogP contribution in [0.4, 0.5) is 5.69 Å². The molecule has 1 aromatic rings. The fourth-order valence-corrected chi connectivity index (χ4v) is 3.84. The van der Waals surface area contributed by atoms with Crippen molar-refractivity contribution >= 4 is 62.3 Å². The number of amides is 1.